The molecule has 0 saturated carbocycles. The summed E-state index contributed by atoms with van der Waals surface area (Å²) >= 11 is 0. The van der Waals surface area contributed by atoms with Crippen LogP contribution in [0.4, 0.5) is 10.1 Å². The number of allylic oxidation sites excluding steroid dienone is 1. The number of halogens is 1. The third kappa shape index (κ3) is 6.85. The molecule has 2 N–H and O–H groups in total. The van der Waals surface area contributed by atoms with Crippen molar-refractivity contribution < 1.29 is 13.9 Å². The smallest absolute Gasteiger partial charge is 0.253 e. The SMILES string of the molecule is CNC(=C/C(C)OC)/C(F)=C\Nc1ccnc2c1cc(CN1CCC(c3c(C)cc(C(=O)N(C)C)cc3C)CC1)n2C. The Balaban J connectivity index is 1.46. The quantitative estimate of drug-likeness (QED) is 0.305. The van der Waals surface area contributed by atoms with Crippen molar-refractivity contribution in [3.63, 3.8) is 0 Å². The first-order chi connectivity index (χ1) is 20.0. The number of hydrogen-bond donors (Lipinski definition) is 2. The van der Waals surface area contributed by atoms with E-state index in [1.165, 1.54) is 28.6 Å². The van der Waals surface area contributed by atoms with Gasteiger partial charge in [-0.1, -0.05) is 0 Å². The molecule has 1 amide bonds. The summed E-state index contributed by atoms with van der Waals surface area (Å²) in [6.45, 7) is 8.93. The topological polar surface area (TPSA) is 74.7 Å². The number of rotatable bonds is 10. The number of benzene rings is 1. The zero-order chi connectivity index (χ0) is 30.6. The Hall–Kier alpha value is -3.69. The first-order valence-electron chi connectivity index (χ1n) is 14.6. The number of methoxy groups -OCH3 is 1. The average molecular weight is 577 g/mol. The van der Waals surface area contributed by atoms with Crippen LogP contribution in [0.3, 0.4) is 0 Å². The van der Waals surface area contributed by atoms with E-state index in [-0.39, 0.29) is 12.0 Å². The lowest BCUT2D eigenvalue weighted by Crippen LogP contribution is -2.33. The Morgan fingerprint density at radius 3 is 2.48 bits per heavy atom. The first kappa shape index (κ1) is 31.3. The minimum Gasteiger partial charge on any atom is -0.386 e. The molecule has 1 aliphatic rings. The second-order valence-electron chi connectivity index (χ2n) is 11.5. The van der Waals surface area contributed by atoms with E-state index in [9.17, 15) is 9.18 Å². The number of piperidine rings is 1. The van der Waals surface area contributed by atoms with Crippen LogP contribution in [0.5, 0.6) is 0 Å². The standard InChI is InChI=1S/C33H45FN6O2/c1-21-15-25(33(41)38(5)6)16-22(2)31(21)24-10-13-40(14-11-24)20-26-18-27-29(9-12-36-32(27)39(26)7)37-19-28(34)30(35-4)17-23(3)42-8/h9,12,15-19,23-24,35H,10-11,13-14,20H2,1-8H3,(H,36,37)/b28-19+,30-17+. The Morgan fingerprint density at radius 1 is 1.21 bits per heavy atom. The van der Waals surface area contributed by atoms with E-state index in [0.717, 1.165) is 54.8 Å². The van der Waals surface area contributed by atoms with Crippen LogP contribution in [0.15, 0.2) is 54.3 Å². The van der Waals surface area contributed by atoms with Crippen molar-refractivity contribution in [3.8, 4) is 0 Å². The number of hydrogen-bond acceptors (Lipinski definition) is 6. The molecule has 1 aromatic carbocycles. The molecule has 1 saturated heterocycles. The maximum atomic E-state index is 14.9. The van der Waals surface area contributed by atoms with E-state index in [0.29, 0.717) is 11.6 Å². The molecule has 3 heterocycles. The summed E-state index contributed by atoms with van der Waals surface area (Å²) in [5, 5.41) is 6.98. The molecule has 9 heteroatoms. The van der Waals surface area contributed by atoms with Crippen LogP contribution in [-0.4, -0.2) is 72.7 Å². The van der Waals surface area contributed by atoms with Gasteiger partial charge in [0.25, 0.3) is 5.91 Å². The number of fused-ring (bicyclic) bond motifs is 1. The Bertz CT molecular complexity index is 1460. The van der Waals surface area contributed by atoms with Gasteiger partial charge < -0.3 is 24.8 Å². The zero-order valence-corrected chi connectivity index (χ0v) is 26.2. The molecule has 4 rings (SSSR count). The molecule has 8 nitrogen and oxygen atoms in total. The Morgan fingerprint density at radius 2 is 1.88 bits per heavy atom. The van der Waals surface area contributed by atoms with E-state index in [1.54, 1.807) is 45.4 Å². The number of nitrogens with one attached hydrogen (secondary N) is 2. The van der Waals surface area contributed by atoms with Crippen molar-refractivity contribution in [1.29, 1.82) is 0 Å². The second kappa shape index (κ2) is 13.5. The third-order valence-electron chi connectivity index (χ3n) is 8.31. The highest BCUT2D eigenvalue weighted by Crippen LogP contribution is 2.34. The number of carbonyl (C=O) groups is 1. The van der Waals surface area contributed by atoms with Crippen LogP contribution in [0.1, 0.15) is 58.4 Å². The van der Waals surface area contributed by atoms with Crippen LogP contribution < -0.4 is 10.6 Å². The van der Waals surface area contributed by atoms with Crippen molar-refractivity contribution in [1.82, 2.24) is 24.7 Å². The average Bonchev–Trinajstić information content (AvgIpc) is 3.29. The minimum atomic E-state index is -0.408. The van der Waals surface area contributed by atoms with E-state index < -0.39 is 5.83 Å². The van der Waals surface area contributed by atoms with Gasteiger partial charge in [-0.15, -0.1) is 0 Å². The van der Waals surface area contributed by atoms with Gasteiger partial charge in [-0.25, -0.2) is 9.37 Å². The van der Waals surface area contributed by atoms with E-state index >= 15 is 0 Å². The van der Waals surface area contributed by atoms with Crippen molar-refractivity contribution >= 4 is 22.6 Å². The lowest BCUT2D eigenvalue weighted by Gasteiger charge is -2.33. The van der Waals surface area contributed by atoms with Gasteiger partial charge in [0.2, 0.25) is 0 Å². The summed E-state index contributed by atoms with van der Waals surface area (Å²) in [6.07, 6.45) is 6.74. The van der Waals surface area contributed by atoms with E-state index in [2.05, 4.69) is 45.0 Å². The van der Waals surface area contributed by atoms with Gasteiger partial charge in [0.05, 0.1) is 17.5 Å². The summed E-state index contributed by atoms with van der Waals surface area (Å²) in [4.78, 5) is 21.2. The van der Waals surface area contributed by atoms with Crippen LogP contribution in [0.25, 0.3) is 11.0 Å². The maximum absolute atomic E-state index is 14.9. The number of aryl methyl sites for hydroxylation is 3. The lowest BCUT2D eigenvalue weighted by atomic mass is 9.83. The van der Waals surface area contributed by atoms with E-state index in [4.69, 9.17) is 4.74 Å². The summed E-state index contributed by atoms with van der Waals surface area (Å²) in [5.74, 6) is 0.123. The molecule has 0 bridgehead atoms. The van der Waals surface area contributed by atoms with Crippen LogP contribution in [-0.2, 0) is 18.3 Å². The highest BCUT2D eigenvalue weighted by molar-refractivity contribution is 5.94. The molecular formula is C33H45FN6O2. The molecule has 2 aromatic heterocycles. The number of anilines is 1. The fraction of sp³-hybridized carbons (Fsp3) is 0.455. The van der Waals surface area contributed by atoms with Crippen LogP contribution in [0.2, 0.25) is 0 Å². The van der Waals surface area contributed by atoms with Gasteiger partial charge in [0.15, 0.2) is 5.83 Å². The van der Waals surface area contributed by atoms with Gasteiger partial charge in [-0.2, -0.15) is 0 Å². The van der Waals surface area contributed by atoms with Gasteiger partial charge in [-0.3, -0.25) is 9.69 Å². The highest BCUT2D eigenvalue weighted by Gasteiger charge is 2.25. The Kier molecular flexibility index (Phi) is 10.1. The van der Waals surface area contributed by atoms with Gasteiger partial charge >= 0.3 is 0 Å². The van der Waals surface area contributed by atoms with Crippen molar-refractivity contribution in [2.75, 3.05) is 46.7 Å². The first-order valence-corrected chi connectivity index (χ1v) is 14.6. The van der Waals surface area contributed by atoms with Gasteiger partial charge in [-0.05, 0) is 99.7 Å². The number of nitrogens with zero attached hydrogens (tertiary/aromatic N) is 4. The normalized spacial score (nSPS) is 16.1. The summed E-state index contributed by atoms with van der Waals surface area (Å²) in [5.41, 5.74) is 7.74. The summed E-state index contributed by atoms with van der Waals surface area (Å²) in [6, 6.07) is 8.10. The molecular weight excluding hydrogens is 531 g/mol. The van der Waals surface area contributed by atoms with Crippen molar-refractivity contribution in [2.24, 2.45) is 7.05 Å². The minimum absolute atomic E-state index is 0.0443. The molecule has 3 aromatic rings. The Labute approximate surface area is 249 Å². The monoisotopic (exact) mass is 576 g/mol. The molecule has 226 valence electrons. The predicted octanol–water partition coefficient (Wildman–Crippen LogP) is 5.63. The fourth-order valence-corrected chi connectivity index (χ4v) is 5.96. The number of amides is 1. The number of pyridine rings is 1. The largest absolute Gasteiger partial charge is 0.386 e. The summed E-state index contributed by atoms with van der Waals surface area (Å²) < 4.78 is 22.3. The molecule has 1 aliphatic heterocycles. The van der Waals surface area contributed by atoms with Crippen molar-refractivity contribution in [3.05, 3.63) is 82.2 Å². The molecule has 0 aliphatic carbocycles. The second-order valence-corrected chi connectivity index (χ2v) is 11.5. The van der Waals surface area contributed by atoms with Crippen LogP contribution in [0, 0.1) is 13.8 Å². The number of likely N-dealkylation sites (tertiary alicyclic amines) is 1. The zero-order valence-electron chi connectivity index (χ0n) is 26.2. The highest BCUT2D eigenvalue weighted by atomic mass is 19.1. The molecule has 1 fully saturated rings. The lowest BCUT2D eigenvalue weighted by molar-refractivity contribution is 0.0827. The molecule has 0 spiro atoms. The van der Waals surface area contributed by atoms with Crippen molar-refractivity contribution in [2.45, 2.75) is 52.2 Å². The number of ether oxygens (including phenoxy) is 1. The third-order valence-corrected chi connectivity index (χ3v) is 8.31. The molecule has 1 unspecified atom stereocenters. The predicted molar refractivity (Wildman–Crippen MR) is 168 cm³/mol. The fourth-order valence-electron chi connectivity index (χ4n) is 5.96. The van der Waals surface area contributed by atoms with Crippen LogP contribution >= 0.6 is 0 Å². The number of likely N-dealkylation sites (N-methyl/N-ethyl adjacent to an activating group) is 1. The van der Waals surface area contributed by atoms with Gasteiger partial charge in [0, 0.05) is 70.9 Å². The summed E-state index contributed by atoms with van der Waals surface area (Å²) in [7, 11) is 8.90. The van der Waals surface area contributed by atoms with E-state index in [1.807, 2.05) is 32.2 Å². The molecule has 0 radical (unpaired) electrons. The molecule has 42 heavy (non-hydrogen) atoms. The maximum Gasteiger partial charge on any atom is 0.253 e. The number of carbonyl (C=O) groups excluding carboxylic acids is 1. The molecule has 1 atom stereocenters. The van der Waals surface area contributed by atoms with Gasteiger partial charge in [0.1, 0.15) is 5.65 Å². The number of aromatic nitrogens is 2.